The largest absolute Gasteiger partial charge is 0.363 e. The van der Waals surface area contributed by atoms with Crippen molar-refractivity contribution in [2.75, 3.05) is 12.4 Å². The van der Waals surface area contributed by atoms with Gasteiger partial charge in [-0.25, -0.2) is 0 Å². The molecule has 0 saturated heterocycles. The summed E-state index contributed by atoms with van der Waals surface area (Å²) in [7, 11) is 3.70. The second kappa shape index (κ2) is 7.54. The van der Waals surface area contributed by atoms with E-state index < -0.39 is 0 Å². The van der Waals surface area contributed by atoms with E-state index >= 15 is 0 Å². The van der Waals surface area contributed by atoms with E-state index in [1.54, 1.807) is 10.9 Å². The molecule has 0 fully saturated rings. The van der Waals surface area contributed by atoms with Crippen molar-refractivity contribution < 1.29 is 0 Å². The molecule has 0 aliphatic rings. The van der Waals surface area contributed by atoms with Gasteiger partial charge in [-0.3, -0.25) is 4.68 Å². The molecular formula is C15H19N5S. The number of hydrogen-bond acceptors (Lipinski definition) is 5. The van der Waals surface area contributed by atoms with Crippen molar-refractivity contribution in [2.24, 2.45) is 7.05 Å². The molecule has 2 aromatic heterocycles. The van der Waals surface area contributed by atoms with Gasteiger partial charge in [0.15, 0.2) is 5.82 Å². The first-order valence-electron chi connectivity index (χ1n) is 6.77. The van der Waals surface area contributed by atoms with Crippen LogP contribution in [-0.4, -0.2) is 26.2 Å². The highest BCUT2D eigenvalue weighted by Crippen LogP contribution is 2.19. The lowest BCUT2D eigenvalue weighted by Crippen LogP contribution is -1.86. The third kappa shape index (κ3) is 4.39. The van der Waals surface area contributed by atoms with E-state index in [4.69, 9.17) is 0 Å². The minimum absolute atomic E-state index is 0.724. The summed E-state index contributed by atoms with van der Waals surface area (Å²) in [6.07, 6.45) is 4.78. The Labute approximate surface area is 128 Å². The normalized spacial score (nSPS) is 9.86. The number of aryl methyl sites for hydroxylation is 2. The Hall–Kier alpha value is -2.21. The molecule has 1 aromatic carbocycles. The molecule has 2 heterocycles. The quantitative estimate of drug-likeness (QED) is 0.807. The second-order valence-corrected chi connectivity index (χ2v) is 5.17. The van der Waals surface area contributed by atoms with Crippen LogP contribution in [0.1, 0.15) is 12.5 Å². The van der Waals surface area contributed by atoms with E-state index in [9.17, 15) is 0 Å². The van der Waals surface area contributed by atoms with Gasteiger partial charge in [-0.2, -0.15) is 14.5 Å². The average molecular weight is 301 g/mol. The van der Waals surface area contributed by atoms with Gasteiger partial charge in [-0.15, -0.1) is 0 Å². The van der Waals surface area contributed by atoms with Gasteiger partial charge in [0.2, 0.25) is 5.13 Å². The predicted molar refractivity (Wildman–Crippen MR) is 87.5 cm³/mol. The third-order valence-corrected chi connectivity index (χ3v) is 3.59. The number of rotatable bonds is 3. The molecule has 6 heteroatoms. The van der Waals surface area contributed by atoms with E-state index in [1.807, 2.05) is 26.4 Å². The Kier molecular flexibility index (Phi) is 5.45. The van der Waals surface area contributed by atoms with Gasteiger partial charge >= 0.3 is 0 Å². The summed E-state index contributed by atoms with van der Waals surface area (Å²) in [4.78, 5) is 4.26. The van der Waals surface area contributed by atoms with Crippen LogP contribution < -0.4 is 5.32 Å². The second-order valence-electron chi connectivity index (χ2n) is 4.41. The van der Waals surface area contributed by atoms with Crippen molar-refractivity contribution in [3.05, 3.63) is 48.3 Å². The van der Waals surface area contributed by atoms with Crippen LogP contribution in [0, 0.1) is 0 Å². The van der Waals surface area contributed by atoms with Crippen LogP contribution in [0.5, 0.6) is 0 Å². The summed E-state index contributed by atoms with van der Waals surface area (Å²) < 4.78 is 5.92. The van der Waals surface area contributed by atoms with Crippen molar-refractivity contribution in [1.82, 2.24) is 19.1 Å². The molecule has 0 bridgehead atoms. The first-order chi connectivity index (χ1) is 10.2. The first-order valence-corrected chi connectivity index (χ1v) is 7.54. The summed E-state index contributed by atoms with van der Waals surface area (Å²) in [6, 6.07) is 10.5. The third-order valence-electron chi connectivity index (χ3n) is 2.85. The highest BCUT2D eigenvalue weighted by molar-refractivity contribution is 7.09. The molecule has 0 amide bonds. The fourth-order valence-corrected chi connectivity index (χ4v) is 2.23. The summed E-state index contributed by atoms with van der Waals surface area (Å²) in [5.74, 6) is 0.724. The Morgan fingerprint density at radius 3 is 2.48 bits per heavy atom. The topological polar surface area (TPSA) is 55.6 Å². The van der Waals surface area contributed by atoms with E-state index in [-0.39, 0.29) is 0 Å². The van der Waals surface area contributed by atoms with Crippen LogP contribution >= 0.6 is 11.5 Å². The van der Waals surface area contributed by atoms with Gasteiger partial charge in [0, 0.05) is 31.8 Å². The van der Waals surface area contributed by atoms with E-state index in [0.29, 0.717) is 0 Å². The zero-order valence-corrected chi connectivity index (χ0v) is 13.3. The zero-order valence-electron chi connectivity index (χ0n) is 12.4. The van der Waals surface area contributed by atoms with Gasteiger partial charge in [-0.05, 0) is 12.0 Å². The van der Waals surface area contributed by atoms with Gasteiger partial charge in [0.1, 0.15) is 0 Å². The Morgan fingerprint density at radius 2 is 2.00 bits per heavy atom. The summed E-state index contributed by atoms with van der Waals surface area (Å²) >= 11 is 1.34. The van der Waals surface area contributed by atoms with Gasteiger partial charge < -0.3 is 5.32 Å². The number of nitrogens with zero attached hydrogens (tertiary/aromatic N) is 4. The molecule has 1 N–H and O–H groups in total. The fraction of sp³-hybridized carbons (Fsp3) is 0.267. The number of hydrogen-bond donors (Lipinski definition) is 1. The monoisotopic (exact) mass is 301 g/mol. The SMILES string of the molecule is CCc1ccccc1.CNc1nc(-c2cnn(C)c2)ns1. The van der Waals surface area contributed by atoms with Gasteiger partial charge in [0.05, 0.1) is 11.8 Å². The molecule has 0 unspecified atom stereocenters. The molecule has 0 aliphatic carbocycles. The van der Waals surface area contributed by atoms with Gasteiger partial charge in [-0.1, -0.05) is 37.3 Å². The predicted octanol–water partition coefficient (Wildman–Crippen LogP) is 3.23. The lowest BCUT2D eigenvalue weighted by Gasteiger charge is -1.89. The molecule has 5 nitrogen and oxygen atoms in total. The molecular weight excluding hydrogens is 282 g/mol. The van der Waals surface area contributed by atoms with Crippen LogP contribution in [-0.2, 0) is 13.5 Å². The smallest absolute Gasteiger partial charge is 0.202 e. The van der Waals surface area contributed by atoms with Crippen molar-refractivity contribution in [2.45, 2.75) is 13.3 Å². The summed E-state index contributed by atoms with van der Waals surface area (Å²) in [5, 5.41) is 7.81. The van der Waals surface area contributed by atoms with Crippen molar-refractivity contribution in [3.8, 4) is 11.4 Å². The molecule has 0 saturated carbocycles. The number of aromatic nitrogens is 4. The van der Waals surface area contributed by atoms with E-state index in [1.165, 1.54) is 17.1 Å². The van der Waals surface area contributed by atoms with Crippen molar-refractivity contribution in [1.29, 1.82) is 0 Å². The Morgan fingerprint density at radius 1 is 1.24 bits per heavy atom. The van der Waals surface area contributed by atoms with E-state index in [2.05, 4.69) is 51.0 Å². The first kappa shape index (κ1) is 15.2. The van der Waals surface area contributed by atoms with Crippen LogP contribution in [0.15, 0.2) is 42.7 Å². The highest BCUT2D eigenvalue weighted by atomic mass is 32.1. The van der Waals surface area contributed by atoms with Crippen LogP contribution in [0.2, 0.25) is 0 Å². The minimum Gasteiger partial charge on any atom is -0.363 e. The van der Waals surface area contributed by atoms with Crippen molar-refractivity contribution >= 4 is 16.7 Å². The van der Waals surface area contributed by atoms with Crippen LogP contribution in [0.4, 0.5) is 5.13 Å². The molecule has 0 aliphatic heterocycles. The average Bonchev–Trinajstić information content (AvgIpc) is 3.17. The van der Waals surface area contributed by atoms with Crippen LogP contribution in [0.25, 0.3) is 11.4 Å². The Bertz CT molecular complexity index is 660. The number of nitrogens with one attached hydrogen (secondary N) is 1. The van der Waals surface area contributed by atoms with Crippen LogP contribution in [0.3, 0.4) is 0 Å². The molecule has 110 valence electrons. The maximum Gasteiger partial charge on any atom is 0.202 e. The zero-order chi connectivity index (χ0) is 15.1. The lowest BCUT2D eigenvalue weighted by atomic mass is 10.2. The summed E-state index contributed by atoms with van der Waals surface area (Å²) in [5.41, 5.74) is 2.35. The standard InChI is InChI=1S/C8H10.C7H9N5S/c1-2-8-6-4-3-5-7-8;1-8-7-10-6(11-13-7)5-3-9-12(2)4-5/h3-7H,2H2,1H3;3-4H,1-2H3,(H,8,10,11). The van der Waals surface area contributed by atoms with Crippen molar-refractivity contribution in [3.63, 3.8) is 0 Å². The lowest BCUT2D eigenvalue weighted by molar-refractivity contribution is 0.768. The van der Waals surface area contributed by atoms with Gasteiger partial charge in [0.25, 0.3) is 0 Å². The minimum atomic E-state index is 0.724. The molecule has 0 radical (unpaired) electrons. The maximum atomic E-state index is 4.26. The number of anilines is 1. The molecule has 3 rings (SSSR count). The molecule has 0 spiro atoms. The molecule has 0 atom stereocenters. The number of benzene rings is 1. The van der Waals surface area contributed by atoms with E-state index in [0.717, 1.165) is 22.9 Å². The highest BCUT2D eigenvalue weighted by Gasteiger charge is 2.06. The maximum absolute atomic E-state index is 4.26. The summed E-state index contributed by atoms with van der Waals surface area (Å²) in [6.45, 7) is 2.16. The fourth-order valence-electron chi connectivity index (χ4n) is 1.69. The molecule has 3 aromatic rings. The Balaban J connectivity index is 0.000000173. The molecule has 21 heavy (non-hydrogen) atoms.